The smallest absolute Gasteiger partial charge is 0.0154 e. The van der Waals surface area contributed by atoms with Crippen LogP contribution >= 0.6 is 0 Å². The first-order valence-corrected chi connectivity index (χ1v) is 4.49. The maximum Gasteiger partial charge on any atom is 0.0154 e. The number of hydrogen-bond acceptors (Lipinski definition) is 0. The zero-order chi connectivity index (χ0) is 7.68. The van der Waals surface area contributed by atoms with Crippen LogP contribution in [0.2, 0.25) is 0 Å². The fraction of sp³-hybridized carbons (Fsp3) is 0.545. The van der Waals surface area contributed by atoms with E-state index in [1.54, 1.807) is 0 Å². The van der Waals surface area contributed by atoms with Crippen LogP contribution in [0.1, 0.15) is 26.2 Å². The van der Waals surface area contributed by atoms with E-state index >= 15 is 0 Å². The summed E-state index contributed by atoms with van der Waals surface area (Å²) in [4.78, 5) is 0. The van der Waals surface area contributed by atoms with E-state index in [0.29, 0.717) is 5.92 Å². The standard InChI is InChI=1S/C11H14/c1-9-7-10-5-3-2-4-6-11(10)8-9/h2-3,5,9,11H,4,6,8H2,1H3. The van der Waals surface area contributed by atoms with E-state index < -0.39 is 0 Å². The first-order chi connectivity index (χ1) is 5.36. The maximum absolute atomic E-state index is 3.51. The van der Waals surface area contributed by atoms with E-state index in [1.807, 2.05) is 0 Å². The Morgan fingerprint density at radius 2 is 2.45 bits per heavy atom. The Morgan fingerprint density at radius 1 is 1.55 bits per heavy atom. The van der Waals surface area contributed by atoms with Crippen LogP contribution in [-0.2, 0) is 0 Å². The van der Waals surface area contributed by atoms with Crippen molar-refractivity contribution in [1.82, 2.24) is 0 Å². The summed E-state index contributed by atoms with van der Waals surface area (Å²) in [5, 5.41) is 0. The lowest BCUT2D eigenvalue weighted by Gasteiger charge is -2.07. The highest BCUT2D eigenvalue weighted by Crippen LogP contribution is 2.38. The third kappa shape index (κ3) is 1.40. The lowest BCUT2D eigenvalue weighted by Crippen LogP contribution is -1.94. The molecular formula is C11H14. The fourth-order valence-electron chi connectivity index (χ4n) is 2.04. The first-order valence-electron chi connectivity index (χ1n) is 4.49. The number of hydrogen-bond donors (Lipinski definition) is 0. The van der Waals surface area contributed by atoms with Gasteiger partial charge in [0.1, 0.15) is 0 Å². The zero-order valence-electron chi connectivity index (χ0n) is 7.01. The van der Waals surface area contributed by atoms with Gasteiger partial charge in [0.25, 0.3) is 0 Å². The van der Waals surface area contributed by atoms with E-state index in [1.165, 1.54) is 24.8 Å². The van der Waals surface area contributed by atoms with E-state index in [2.05, 4.69) is 31.6 Å². The summed E-state index contributed by atoms with van der Waals surface area (Å²) in [6.07, 6.45) is 14.1. The van der Waals surface area contributed by atoms with Crippen molar-refractivity contribution in [3.05, 3.63) is 30.2 Å². The van der Waals surface area contributed by atoms with Gasteiger partial charge in [-0.2, -0.15) is 0 Å². The molecule has 0 amide bonds. The van der Waals surface area contributed by atoms with Gasteiger partial charge in [0.2, 0.25) is 0 Å². The highest BCUT2D eigenvalue weighted by molar-refractivity contribution is 5.29. The van der Waals surface area contributed by atoms with Crippen LogP contribution < -0.4 is 0 Å². The molecule has 0 nitrogen and oxygen atoms in total. The van der Waals surface area contributed by atoms with E-state index in [0.717, 1.165) is 5.92 Å². The van der Waals surface area contributed by atoms with Crippen molar-refractivity contribution in [2.45, 2.75) is 26.2 Å². The predicted octanol–water partition coefficient (Wildman–Crippen LogP) is 3.00. The summed E-state index contributed by atoms with van der Waals surface area (Å²) in [5.74, 6) is 1.51. The Labute approximate surface area is 69.0 Å². The molecule has 2 atom stereocenters. The van der Waals surface area contributed by atoms with Gasteiger partial charge in [0, 0.05) is 6.42 Å². The summed E-state index contributed by atoms with van der Waals surface area (Å²) in [5.41, 5.74) is 1.46. The molecule has 2 unspecified atom stereocenters. The molecule has 0 spiro atoms. The van der Waals surface area contributed by atoms with Gasteiger partial charge in [-0.15, -0.1) is 0 Å². The molecule has 0 saturated heterocycles. The maximum atomic E-state index is 3.51. The largest absolute Gasteiger partial charge is 0.0845 e. The SMILES string of the molecule is CC1[C]C2=CC=CCCC2C1. The van der Waals surface area contributed by atoms with Crippen LogP contribution in [0.3, 0.4) is 0 Å². The van der Waals surface area contributed by atoms with Crippen molar-refractivity contribution >= 4 is 0 Å². The Kier molecular flexibility index (Phi) is 1.85. The number of allylic oxidation sites excluding steroid dienone is 4. The van der Waals surface area contributed by atoms with Gasteiger partial charge in [0.05, 0.1) is 0 Å². The number of fused-ring (bicyclic) bond motifs is 1. The molecule has 58 valence electrons. The van der Waals surface area contributed by atoms with E-state index in [4.69, 9.17) is 0 Å². The van der Waals surface area contributed by atoms with Crippen LogP contribution in [0, 0.1) is 18.3 Å². The molecule has 2 aliphatic carbocycles. The predicted molar refractivity (Wildman–Crippen MR) is 47.0 cm³/mol. The lowest BCUT2D eigenvalue weighted by molar-refractivity contribution is 0.525. The van der Waals surface area contributed by atoms with Gasteiger partial charge in [-0.25, -0.2) is 0 Å². The van der Waals surface area contributed by atoms with Gasteiger partial charge < -0.3 is 0 Å². The van der Waals surface area contributed by atoms with Crippen LogP contribution in [0.5, 0.6) is 0 Å². The molecule has 0 N–H and O–H groups in total. The highest BCUT2D eigenvalue weighted by atomic mass is 14.3. The lowest BCUT2D eigenvalue weighted by atomic mass is 9.98. The molecule has 1 fully saturated rings. The monoisotopic (exact) mass is 146 g/mol. The van der Waals surface area contributed by atoms with Crippen molar-refractivity contribution in [2.75, 3.05) is 0 Å². The van der Waals surface area contributed by atoms with Crippen molar-refractivity contribution in [3.63, 3.8) is 0 Å². The second-order valence-electron chi connectivity index (χ2n) is 3.61. The average Bonchev–Trinajstić information content (AvgIpc) is 2.17. The topological polar surface area (TPSA) is 0 Å². The Bertz CT molecular complexity index is 198. The molecule has 0 aromatic rings. The normalized spacial score (nSPS) is 36.3. The van der Waals surface area contributed by atoms with Crippen molar-refractivity contribution in [3.8, 4) is 0 Å². The quantitative estimate of drug-likeness (QED) is 0.493. The van der Waals surface area contributed by atoms with Crippen LogP contribution in [0.15, 0.2) is 23.8 Å². The minimum atomic E-state index is 0.692. The van der Waals surface area contributed by atoms with Crippen molar-refractivity contribution in [2.24, 2.45) is 11.8 Å². The molecule has 2 radical (unpaired) electrons. The minimum absolute atomic E-state index is 0.692. The minimum Gasteiger partial charge on any atom is -0.0845 e. The van der Waals surface area contributed by atoms with Gasteiger partial charge in [0.15, 0.2) is 0 Å². The highest BCUT2D eigenvalue weighted by Gasteiger charge is 2.26. The molecule has 11 heavy (non-hydrogen) atoms. The third-order valence-electron chi connectivity index (χ3n) is 2.58. The molecule has 0 aromatic heterocycles. The second-order valence-corrected chi connectivity index (χ2v) is 3.61. The molecule has 0 bridgehead atoms. The summed E-state index contributed by atoms with van der Waals surface area (Å²) < 4.78 is 0. The van der Waals surface area contributed by atoms with Gasteiger partial charge in [-0.3, -0.25) is 0 Å². The Hall–Kier alpha value is -0.520. The molecular weight excluding hydrogens is 132 g/mol. The third-order valence-corrected chi connectivity index (χ3v) is 2.58. The van der Waals surface area contributed by atoms with E-state index in [9.17, 15) is 0 Å². The first kappa shape index (κ1) is 7.15. The second kappa shape index (κ2) is 2.84. The molecule has 0 aliphatic heterocycles. The summed E-state index contributed by atoms with van der Waals surface area (Å²) >= 11 is 0. The average molecular weight is 146 g/mol. The molecule has 0 heterocycles. The van der Waals surface area contributed by atoms with Gasteiger partial charge in [-0.05, 0) is 31.1 Å². The van der Waals surface area contributed by atoms with Crippen molar-refractivity contribution < 1.29 is 0 Å². The fourth-order valence-corrected chi connectivity index (χ4v) is 2.04. The Balaban J connectivity index is 2.16. The molecule has 2 rings (SSSR count). The van der Waals surface area contributed by atoms with E-state index in [-0.39, 0.29) is 0 Å². The van der Waals surface area contributed by atoms with Crippen LogP contribution in [-0.4, -0.2) is 0 Å². The molecule has 2 aliphatic rings. The number of rotatable bonds is 0. The van der Waals surface area contributed by atoms with Crippen molar-refractivity contribution in [1.29, 1.82) is 0 Å². The molecule has 0 heteroatoms. The molecule has 1 saturated carbocycles. The Morgan fingerprint density at radius 3 is 3.36 bits per heavy atom. The molecule has 0 aromatic carbocycles. The summed E-state index contributed by atoms with van der Waals surface area (Å²) in [6.45, 7) is 2.26. The van der Waals surface area contributed by atoms with Crippen LogP contribution in [0.4, 0.5) is 0 Å². The van der Waals surface area contributed by atoms with Crippen LogP contribution in [0.25, 0.3) is 0 Å². The zero-order valence-corrected chi connectivity index (χ0v) is 7.01. The van der Waals surface area contributed by atoms with Gasteiger partial charge in [-0.1, -0.05) is 30.7 Å². The summed E-state index contributed by atoms with van der Waals surface area (Å²) in [7, 11) is 0. The summed E-state index contributed by atoms with van der Waals surface area (Å²) in [6, 6.07) is 0. The van der Waals surface area contributed by atoms with Gasteiger partial charge >= 0.3 is 0 Å².